The normalized spacial score (nSPS) is 20.4. The van der Waals surface area contributed by atoms with Crippen LogP contribution >= 0.6 is 23.2 Å². The first-order chi connectivity index (χ1) is 17.4. The molecule has 0 aromatic carbocycles. The monoisotopic (exact) mass is 531 g/mol. The van der Waals surface area contributed by atoms with E-state index in [0.717, 1.165) is 0 Å². The SMILES string of the molecule is O=C(Nc1ccc(Cl)cn1)c1oc2ccnc(Cl)c2c1NC(=O)C1CCC(N2CCOCC2=O)CC1. The Balaban J connectivity index is 1.33. The van der Waals surface area contributed by atoms with E-state index in [1.807, 2.05) is 4.90 Å². The van der Waals surface area contributed by atoms with Crippen molar-refractivity contribution in [1.82, 2.24) is 14.9 Å². The lowest BCUT2D eigenvalue weighted by Crippen LogP contribution is -2.49. The average molecular weight is 532 g/mol. The zero-order valence-electron chi connectivity index (χ0n) is 19.1. The third-order valence-corrected chi connectivity index (χ3v) is 7.02. The second-order valence-electron chi connectivity index (χ2n) is 8.73. The van der Waals surface area contributed by atoms with Gasteiger partial charge >= 0.3 is 0 Å². The summed E-state index contributed by atoms with van der Waals surface area (Å²) in [4.78, 5) is 48.5. The maximum Gasteiger partial charge on any atom is 0.294 e. The first-order valence-electron chi connectivity index (χ1n) is 11.6. The molecule has 12 heteroatoms. The molecule has 1 saturated heterocycles. The first-order valence-corrected chi connectivity index (χ1v) is 12.3. The number of amides is 3. The number of nitrogens with zero attached hydrogens (tertiary/aromatic N) is 3. The molecule has 2 fully saturated rings. The van der Waals surface area contributed by atoms with E-state index in [-0.39, 0.29) is 52.8 Å². The number of rotatable bonds is 5. The third kappa shape index (κ3) is 5.02. The lowest BCUT2D eigenvalue weighted by Gasteiger charge is -2.38. The number of hydrogen-bond acceptors (Lipinski definition) is 7. The number of morpholine rings is 1. The number of ether oxygens (including phenoxy) is 1. The maximum absolute atomic E-state index is 13.3. The highest BCUT2D eigenvalue weighted by Gasteiger charge is 2.34. The average Bonchev–Trinajstić information content (AvgIpc) is 3.25. The Morgan fingerprint density at radius 1 is 1.06 bits per heavy atom. The topological polar surface area (TPSA) is 127 Å². The Hall–Kier alpha value is -3.21. The van der Waals surface area contributed by atoms with Crippen LogP contribution < -0.4 is 10.6 Å². The van der Waals surface area contributed by atoms with E-state index in [2.05, 4.69) is 20.6 Å². The zero-order chi connectivity index (χ0) is 25.2. The molecular weight excluding hydrogens is 509 g/mol. The Kier molecular flexibility index (Phi) is 7.08. The van der Waals surface area contributed by atoms with Crippen molar-refractivity contribution in [2.45, 2.75) is 31.7 Å². The molecule has 0 unspecified atom stereocenters. The molecule has 1 aliphatic heterocycles. The molecule has 3 aromatic heterocycles. The molecule has 1 aliphatic carbocycles. The summed E-state index contributed by atoms with van der Waals surface area (Å²) in [6.07, 6.45) is 5.51. The highest BCUT2D eigenvalue weighted by molar-refractivity contribution is 6.36. The fourth-order valence-corrected chi connectivity index (χ4v) is 5.05. The molecule has 0 bridgehead atoms. The summed E-state index contributed by atoms with van der Waals surface area (Å²) < 4.78 is 11.0. The molecule has 5 rings (SSSR count). The van der Waals surface area contributed by atoms with Gasteiger partial charge in [0.05, 0.1) is 17.0 Å². The van der Waals surface area contributed by atoms with Gasteiger partial charge in [-0.2, -0.15) is 0 Å². The number of anilines is 2. The molecule has 3 aromatic rings. The summed E-state index contributed by atoms with van der Waals surface area (Å²) in [5, 5.41) is 6.37. The number of nitrogens with one attached hydrogen (secondary N) is 2. The molecule has 0 spiro atoms. The Labute approximate surface area is 216 Å². The summed E-state index contributed by atoms with van der Waals surface area (Å²) in [6.45, 7) is 1.22. The summed E-state index contributed by atoms with van der Waals surface area (Å²) in [6, 6.07) is 4.81. The molecule has 3 amide bonds. The van der Waals surface area contributed by atoms with Gasteiger partial charge in [0.15, 0.2) is 0 Å². The van der Waals surface area contributed by atoms with Crippen molar-refractivity contribution in [3.05, 3.63) is 46.5 Å². The van der Waals surface area contributed by atoms with Gasteiger partial charge in [-0.25, -0.2) is 9.97 Å². The van der Waals surface area contributed by atoms with Crippen molar-refractivity contribution in [3.8, 4) is 0 Å². The fraction of sp³-hybridized carbons (Fsp3) is 0.375. The molecule has 4 heterocycles. The Morgan fingerprint density at radius 3 is 2.58 bits per heavy atom. The Morgan fingerprint density at radius 2 is 1.86 bits per heavy atom. The first kappa shape index (κ1) is 24.5. The van der Waals surface area contributed by atoms with Gasteiger partial charge < -0.3 is 24.7 Å². The van der Waals surface area contributed by atoms with Gasteiger partial charge in [-0.05, 0) is 43.9 Å². The van der Waals surface area contributed by atoms with Crippen LogP contribution in [0.2, 0.25) is 10.2 Å². The van der Waals surface area contributed by atoms with Crippen molar-refractivity contribution in [2.75, 3.05) is 30.4 Å². The van der Waals surface area contributed by atoms with Crippen LogP contribution in [0, 0.1) is 5.92 Å². The number of carbonyl (C=O) groups excluding carboxylic acids is 3. The van der Waals surface area contributed by atoms with E-state index in [4.69, 9.17) is 32.4 Å². The lowest BCUT2D eigenvalue weighted by molar-refractivity contribution is -0.146. The van der Waals surface area contributed by atoms with E-state index in [0.29, 0.717) is 54.8 Å². The van der Waals surface area contributed by atoms with Gasteiger partial charge in [-0.3, -0.25) is 14.4 Å². The van der Waals surface area contributed by atoms with Crippen LogP contribution in [-0.2, 0) is 14.3 Å². The van der Waals surface area contributed by atoms with Gasteiger partial charge in [-0.1, -0.05) is 23.2 Å². The fourth-order valence-electron chi connectivity index (χ4n) is 4.70. The largest absolute Gasteiger partial charge is 0.448 e. The molecule has 2 N–H and O–H groups in total. The van der Waals surface area contributed by atoms with Crippen LogP contribution in [0.4, 0.5) is 11.5 Å². The number of halogens is 2. The number of carbonyl (C=O) groups is 3. The van der Waals surface area contributed by atoms with Crippen molar-refractivity contribution >= 4 is 63.4 Å². The minimum absolute atomic E-state index is 0.00742. The molecule has 0 atom stereocenters. The summed E-state index contributed by atoms with van der Waals surface area (Å²) in [7, 11) is 0. The van der Waals surface area contributed by atoms with Crippen LogP contribution in [0.15, 0.2) is 35.0 Å². The standard InChI is InChI=1S/C24H23Cl2N5O5/c25-14-3-6-17(28-11-14)29-24(34)21-20(19-16(36-21)7-8-27-22(19)26)30-23(33)13-1-4-15(5-2-13)31-9-10-35-12-18(31)32/h3,6-8,11,13,15H,1-2,4-5,9-10,12H2,(H,30,33)(H,28,29,34). The van der Waals surface area contributed by atoms with Crippen LogP contribution in [0.1, 0.15) is 36.2 Å². The number of furan rings is 1. The van der Waals surface area contributed by atoms with Crippen molar-refractivity contribution in [1.29, 1.82) is 0 Å². The highest BCUT2D eigenvalue weighted by Crippen LogP contribution is 2.37. The minimum Gasteiger partial charge on any atom is -0.448 e. The predicted octanol–water partition coefficient (Wildman–Crippen LogP) is 4.14. The zero-order valence-corrected chi connectivity index (χ0v) is 20.6. The molecule has 188 valence electrons. The van der Waals surface area contributed by atoms with Crippen molar-refractivity contribution < 1.29 is 23.5 Å². The molecule has 2 aliphatic rings. The van der Waals surface area contributed by atoms with Gasteiger partial charge in [0.25, 0.3) is 5.91 Å². The second-order valence-corrected chi connectivity index (χ2v) is 9.53. The minimum atomic E-state index is -0.609. The van der Waals surface area contributed by atoms with Crippen LogP contribution in [0.5, 0.6) is 0 Å². The summed E-state index contributed by atoms with van der Waals surface area (Å²) in [5.41, 5.74) is 0.471. The second kappa shape index (κ2) is 10.4. The van der Waals surface area contributed by atoms with E-state index in [1.165, 1.54) is 12.4 Å². The predicted molar refractivity (Wildman–Crippen MR) is 133 cm³/mol. The van der Waals surface area contributed by atoms with E-state index in [9.17, 15) is 14.4 Å². The van der Waals surface area contributed by atoms with Gasteiger partial charge in [0.1, 0.15) is 28.8 Å². The van der Waals surface area contributed by atoms with Crippen LogP contribution in [0.3, 0.4) is 0 Å². The number of pyridine rings is 2. The van der Waals surface area contributed by atoms with Crippen molar-refractivity contribution in [3.63, 3.8) is 0 Å². The quantitative estimate of drug-likeness (QED) is 0.473. The molecule has 1 saturated carbocycles. The summed E-state index contributed by atoms with van der Waals surface area (Å²) in [5.74, 6) is -0.997. The smallest absolute Gasteiger partial charge is 0.294 e. The molecule has 10 nitrogen and oxygen atoms in total. The number of fused-ring (bicyclic) bond motifs is 1. The third-order valence-electron chi connectivity index (χ3n) is 6.51. The van der Waals surface area contributed by atoms with Crippen molar-refractivity contribution in [2.24, 2.45) is 5.92 Å². The Bertz CT molecular complexity index is 1300. The molecule has 0 radical (unpaired) electrons. The molecular formula is C24H23Cl2N5O5. The van der Waals surface area contributed by atoms with Crippen LogP contribution in [0.25, 0.3) is 11.0 Å². The number of aromatic nitrogens is 2. The number of hydrogen-bond donors (Lipinski definition) is 2. The highest BCUT2D eigenvalue weighted by atomic mass is 35.5. The summed E-state index contributed by atoms with van der Waals surface area (Å²) >= 11 is 12.2. The van der Waals surface area contributed by atoms with Gasteiger partial charge in [0.2, 0.25) is 17.6 Å². The van der Waals surface area contributed by atoms with E-state index >= 15 is 0 Å². The van der Waals surface area contributed by atoms with Gasteiger partial charge in [0, 0.05) is 30.9 Å². The van der Waals surface area contributed by atoms with Crippen LogP contribution in [-0.4, -0.2) is 58.4 Å². The maximum atomic E-state index is 13.3. The molecule has 36 heavy (non-hydrogen) atoms. The lowest BCUT2D eigenvalue weighted by atomic mass is 9.84. The van der Waals surface area contributed by atoms with Gasteiger partial charge in [-0.15, -0.1) is 0 Å². The van der Waals surface area contributed by atoms with E-state index < -0.39 is 5.91 Å². The van der Waals surface area contributed by atoms with E-state index in [1.54, 1.807) is 18.2 Å².